The summed E-state index contributed by atoms with van der Waals surface area (Å²) in [5, 5.41) is 19.0. The molecule has 0 saturated heterocycles. The molecule has 15 heavy (non-hydrogen) atoms. The maximum Gasteiger partial charge on any atom is 0.337 e. The summed E-state index contributed by atoms with van der Waals surface area (Å²) in [6, 6.07) is 0.927. The van der Waals surface area contributed by atoms with Gasteiger partial charge in [0.15, 0.2) is 0 Å². The number of pyridine rings is 1. The molecular weight excluding hydrogens is 224 g/mol. The molecule has 0 radical (unpaired) electrons. The molecular formula is C8H7ClN2O4. The van der Waals surface area contributed by atoms with Crippen LogP contribution >= 0.6 is 11.6 Å². The summed E-state index contributed by atoms with van der Waals surface area (Å²) in [4.78, 5) is 24.2. The smallest absolute Gasteiger partial charge is 0.337 e. The molecule has 6 nitrogen and oxygen atoms in total. The molecule has 1 heterocycles. The van der Waals surface area contributed by atoms with E-state index in [9.17, 15) is 14.9 Å². The van der Waals surface area contributed by atoms with Crippen molar-refractivity contribution >= 4 is 23.3 Å². The second-order valence-corrected chi connectivity index (χ2v) is 3.07. The third-order valence-corrected chi connectivity index (χ3v) is 2.08. The number of carboxylic acids is 1. The van der Waals surface area contributed by atoms with Gasteiger partial charge in [0.25, 0.3) is 0 Å². The van der Waals surface area contributed by atoms with Gasteiger partial charge in [-0.3, -0.25) is 10.1 Å². The molecule has 0 saturated carbocycles. The fourth-order valence-electron chi connectivity index (χ4n) is 1.10. The van der Waals surface area contributed by atoms with E-state index in [1.54, 1.807) is 6.92 Å². The van der Waals surface area contributed by atoms with Crippen molar-refractivity contribution in [3.63, 3.8) is 0 Å². The summed E-state index contributed by atoms with van der Waals surface area (Å²) in [7, 11) is 0. The molecule has 1 rings (SSSR count). The monoisotopic (exact) mass is 230 g/mol. The zero-order chi connectivity index (χ0) is 11.6. The van der Waals surface area contributed by atoms with E-state index in [1.807, 2.05) is 0 Å². The lowest BCUT2D eigenvalue weighted by molar-refractivity contribution is -0.385. The van der Waals surface area contributed by atoms with Crippen LogP contribution in [0.2, 0.25) is 5.15 Å². The van der Waals surface area contributed by atoms with Gasteiger partial charge in [0.05, 0.1) is 16.2 Å². The number of aromatic carboxylic acids is 1. The van der Waals surface area contributed by atoms with Gasteiger partial charge in [-0.05, 0) is 6.42 Å². The Kier molecular flexibility index (Phi) is 3.21. The minimum atomic E-state index is -1.25. The lowest BCUT2D eigenvalue weighted by Gasteiger charge is -2.03. The van der Waals surface area contributed by atoms with Gasteiger partial charge in [0, 0.05) is 6.07 Å². The Morgan fingerprint density at radius 2 is 2.33 bits per heavy atom. The van der Waals surface area contributed by atoms with Crippen molar-refractivity contribution in [2.24, 2.45) is 0 Å². The van der Waals surface area contributed by atoms with Crippen LogP contribution < -0.4 is 0 Å². The standard InChI is InChI=1S/C8H7ClN2O4/c1-2-5-4(8(12)13)3-6(11(14)15)7(9)10-5/h3H,2H2,1H3,(H,12,13). The predicted molar refractivity (Wildman–Crippen MR) is 52.2 cm³/mol. The van der Waals surface area contributed by atoms with Gasteiger partial charge in [-0.1, -0.05) is 18.5 Å². The fourth-order valence-corrected chi connectivity index (χ4v) is 1.32. The van der Waals surface area contributed by atoms with Crippen LogP contribution in [0.5, 0.6) is 0 Å². The van der Waals surface area contributed by atoms with E-state index in [1.165, 1.54) is 0 Å². The van der Waals surface area contributed by atoms with Gasteiger partial charge >= 0.3 is 11.7 Å². The van der Waals surface area contributed by atoms with E-state index in [4.69, 9.17) is 16.7 Å². The van der Waals surface area contributed by atoms with E-state index in [0.717, 1.165) is 6.07 Å². The molecule has 1 N–H and O–H groups in total. The molecule has 0 aliphatic heterocycles. The van der Waals surface area contributed by atoms with Crippen molar-refractivity contribution < 1.29 is 14.8 Å². The van der Waals surface area contributed by atoms with Crippen LogP contribution in [-0.2, 0) is 6.42 Å². The first kappa shape index (κ1) is 11.4. The molecule has 0 amide bonds. The highest BCUT2D eigenvalue weighted by Crippen LogP contribution is 2.25. The van der Waals surface area contributed by atoms with Crippen molar-refractivity contribution in [3.05, 3.63) is 32.6 Å². The zero-order valence-corrected chi connectivity index (χ0v) is 8.48. The summed E-state index contributed by atoms with van der Waals surface area (Å²) in [5.41, 5.74) is -0.446. The average Bonchev–Trinajstić information content (AvgIpc) is 2.16. The van der Waals surface area contributed by atoms with Gasteiger partial charge in [0.2, 0.25) is 5.15 Å². The normalized spacial score (nSPS) is 10.0. The molecule has 0 aliphatic rings. The lowest BCUT2D eigenvalue weighted by atomic mass is 10.1. The van der Waals surface area contributed by atoms with Crippen molar-refractivity contribution in [3.8, 4) is 0 Å². The molecule has 0 unspecified atom stereocenters. The van der Waals surface area contributed by atoms with Crippen LogP contribution in [0.3, 0.4) is 0 Å². The summed E-state index contributed by atoms with van der Waals surface area (Å²) >= 11 is 5.53. The van der Waals surface area contributed by atoms with Crippen molar-refractivity contribution in [2.45, 2.75) is 13.3 Å². The first-order valence-electron chi connectivity index (χ1n) is 4.04. The highest BCUT2D eigenvalue weighted by molar-refractivity contribution is 6.31. The molecule has 0 spiro atoms. The van der Waals surface area contributed by atoms with Gasteiger partial charge in [-0.25, -0.2) is 9.78 Å². The highest BCUT2D eigenvalue weighted by atomic mass is 35.5. The molecule has 0 atom stereocenters. The van der Waals surface area contributed by atoms with Crippen molar-refractivity contribution in [1.29, 1.82) is 0 Å². The lowest BCUT2D eigenvalue weighted by Crippen LogP contribution is -2.06. The average molecular weight is 231 g/mol. The van der Waals surface area contributed by atoms with Crippen molar-refractivity contribution in [1.82, 2.24) is 4.98 Å². The van der Waals surface area contributed by atoms with Crippen LogP contribution in [-0.4, -0.2) is 21.0 Å². The van der Waals surface area contributed by atoms with Crippen LogP contribution in [0, 0.1) is 10.1 Å². The molecule has 1 aromatic rings. The van der Waals surface area contributed by atoms with Gasteiger partial charge < -0.3 is 5.11 Å². The van der Waals surface area contributed by atoms with Crippen LogP contribution in [0.25, 0.3) is 0 Å². The molecule has 0 bridgehead atoms. The van der Waals surface area contributed by atoms with E-state index < -0.39 is 16.6 Å². The Hall–Kier alpha value is -1.69. The van der Waals surface area contributed by atoms with E-state index in [2.05, 4.69) is 4.98 Å². The number of nitro groups is 1. The maximum atomic E-state index is 10.8. The number of carbonyl (C=O) groups is 1. The van der Waals surface area contributed by atoms with E-state index >= 15 is 0 Å². The molecule has 0 aliphatic carbocycles. The number of hydrogen-bond acceptors (Lipinski definition) is 4. The Morgan fingerprint density at radius 1 is 1.73 bits per heavy atom. The highest BCUT2D eigenvalue weighted by Gasteiger charge is 2.21. The molecule has 1 aromatic heterocycles. The number of aromatic nitrogens is 1. The number of rotatable bonds is 3. The first-order valence-corrected chi connectivity index (χ1v) is 4.42. The zero-order valence-electron chi connectivity index (χ0n) is 7.73. The van der Waals surface area contributed by atoms with Gasteiger partial charge in [-0.2, -0.15) is 0 Å². The van der Waals surface area contributed by atoms with Crippen LogP contribution in [0.1, 0.15) is 23.0 Å². The third kappa shape index (κ3) is 2.21. The summed E-state index contributed by atoms with van der Waals surface area (Å²) < 4.78 is 0. The number of aryl methyl sites for hydroxylation is 1. The van der Waals surface area contributed by atoms with Crippen LogP contribution in [0.4, 0.5) is 5.69 Å². The number of nitrogens with zero attached hydrogens (tertiary/aromatic N) is 2. The Labute approximate surface area is 89.7 Å². The molecule has 7 heteroatoms. The molecule has 80 valence electrons. The van der Waals surface area contributed by atoms with E-state index in [0.29, 0.717) is 6.42 Å². The largest absolute Gasteiger partial charge is 0.478 e. The van der Waals surface area contributed by atoms with Gasteiger partial charge in [-0.15, -0.1) is 0 Å². The topological polar surface area (TPSA) is 93.3 Å². The quantitative estimate of drug-likeness (QED) is 0.486. The Balaban J connectivity index is 3.43. The summed E-state index contributed by atoms with van der Waals surface area (Å²) in [6.45, 7) is 1.69. The Bertz CT molecular complexity index is 433. The summed E-state index contributed by atoms with van der Waals surface area (Å²) in [6.07, 6.45) is 0.347. The Morgan fingerprint density at radius 3 is 2.73 bits per heavy atom. The maximum absolute atomic E-state index is 10.8. The number of carboxylic acid groups (broad SMARTS) is 1. The molecule has 0 aromatic carbocycles. The second-order valence-electron chi connectivity index (χ2n) is 2.71. The van der Waals surface area contributed by atoms with Gasteiger partial charge in [0.1, 0.15) is 0 Å². The number of halogens is 1. The molecule has 0 fully saturated rings. The van der Waals surface area contributed by atoms with Crippen LogP contribution in [0.15, 0.2) is 6.07 Å². The minimum absolute atomic E-state index is 0.186. The fraction of sp³-hybridized carbons (Fsp3) is 0.250. The third-order valence-electron chi connectivity index (χ3n) is 1.80. The number of hydrogen-bond donors (Lipinski definition) is 1. The van der Waals surface area contributed by atoms with E-state index in [-0.39, 0.29) is 16.4 Å². The first-order chi connectivity index (χ1) is 6.97. The minimum Gasteiger partial charge on any atom is -0.478 e. The summed E-state index contributed by atoms with van der Waals surface area (Å²) in [5.74, 6) is -1.25. The predicted octanol–water partition coefficient (Wildman–Crippen LogP) is 1.90. The SMILES string of the molecule is CCc1nc(Cl)c([N+](=O)[O-])cc1C(=O)O. The second kappa shape index (κ2) is 4.22. The van der Waals surface area contributed by atoms with Crippen molar-refractivity contribution in [2.75, 3.05) is 0 Å².